The molecule has 98 valence electrons. The van der Waals surface area contributed by atoms with Crippen LogP contribution < -0.4 is 5.32 Å². The van der Waals surface area contributed by atoms with Crippen molar-refractivity contribution in [3.63, 3.8) is 0 Å². The van der Waals surface area contributed by atoms with Crippen molar-refractivity contribution in [2.75, 3.05) is 0 Å². The van der Waals surface area contributed by atoms with Gasteiger partial charge in [0.2, 0.25) is 5.91 Å². The van der Waals surface area contributed by atoms with Gasteiger partial charge in [-0.2, -0.15) is 0 Å². The maximum Gasteiger partial charge on any atom is 0.307 e. The number of hydrogen-bond acceptors (Lipinski definition) is 4. The van der Waals surface area contributed by atoms with Crippen molar-refractivity contribution in [2.45, 2.75) is 20.4 Å². The average Bonchev–Trinajstić information content (AvgIpc) is 2.62. The molecule has 0 radical (unpaired) electrons. The molecule has 1 amide bonds. The summed E-state index contributed by atoms with van der Waals surface area (Å²) >= 11 is 0. The minimum atomic E-state index is -0.918. The molecule has 1 aliphatic carbocycles. The number of amides is 1. The van der Waals surface area contributed by atoms with Gasteiger partial charge in [-0.25, -0.2) is 0 Å². The highest BCUT2D eigenvalue weighted by atomic mass is 16.4. The summed E-state index contributed by atoms with van der Waals surface area (Å²) in [4.78, 5) is 22.9. The van der Waals surface area contributed by atoms with E-state index in [0.717, 1.165) is 0 Å². The molecule has 1 aliphatic rings. The molecule has 2 N–H and O–H groups in total. The number of aliphatic carboxylic acids is 1. The Morgan fingerprint density at radius 3 is 2.61 bits per heavy atom. The topological polar surface area (TPSA) is 97.1 Å². The first-order valence-corrected chi connectivity index (χ1v) is 5.69. The Morgan fingerprint density at radius 2 is 2.17 bits per heavy atom. The summed E-state index contributed by atoms with van der Waals surface area (Å²) in [6.07, 6.45) is 1.54. The van der Waals surface area contributed by atoms with E-state index in [-0.39, 0.29) is 12.5 Å². The van der Waals surface area contributed by atoms with E-state index in [1.807, 2.05) is 0 Å². The van der Waals surface area contributed by atoms with Crippen LogP contribution in [-0.2, 0) is 23.2 Å². The maximum atomic E-state index is 11.9. The molecule has 1 fully saturated rings. The van der Waals surface area contributed by atoms with Crippen molar-refractivity contribution >= 4 is 11.9 Å². The molecule has 0 saturated heterocycles. The largest absolute Gasteiger partial charge is 0.481 e. The Bertz CT molecular complexity index is 494. The molecule has 1 heterocycles. The van der Waals surface area contributed by atoms with Crippen LogP contribution in [0, 0.1) is 17.3 Å². The second-order valence-corrected chi connectivity index (χ2v) is 5.19. The van der Waals surface area contributed by atoms with E-state index >= 15 is 0 Å². The zero-order chi connectivity index (χ0) is 13.5. The zero-order valence-corrected chi connectivity index (χ0v) is 10.5. The predicted octanol–water partition coefficient (Wildman–Crippen LogP) is -0.212. The number of carbonyl (C=O) groups excluding carboxylic acids is 1. The number of nitrogens with one attached hydrogen (secondary N) is 1. The molecular formula is C11H16N4O3. The first-order valence-electron chi connectivity index (χ1n) is 5.69. The quantitative estimate of drug-likeness (QED) is 0.772. The lowest BCUT2D eigenvalue weighted by atomic mass is 10.1. The summed E-state index contributed by atoms with van der Waals surface area (Å²) in [5.41, 5.74) is -0.476. The fourth-order valence-electron chi connectivity index (χ4n) is 2.33. The van der Waals surface area contributed by atoms with Gasteiger partial charge in [-0.05, 0) is 5.41 Å². The molecule has 0 aromatic carbocycles. The lowest BCUT2D eigenvalue weighted by Gasteiger charge is -2.05. The smallest absolute Gasteiger partial charge is 0.307 e. The normalized spacial score (nSPS) is 24.6. The number of carbonyl (C=O) groups is 2. The first-order chi connectivity index (χ1) is 8.35. The third kappa shape index (κ3) is 1.96. The van der Waals surface area contributed by atoms with Crippen molar-refractivity contribution in [1.82, 2.24) is 20.1 Å². The maximum absolute atomic E-state index is 11.9. The number of carboxylic acids is 1. The monoisotopic (exact) mass is 252 g/mol. The highest BCUT2D eigenvalue weighted by Crippen LogP contribution is 2.58. The van der Waals surface area contributed by atoms with Crippen LogP contribution in [0.4, 0.5) is 0 Å². The minimum Gasteiger partial charge on any atom is -0.481 e. The molecule has 0 aliphatic heterocycles. The molecule has 18 heavy (non-hydrogen) atoms. The van der Waals surface area contributed by atoms with Gasteiger partial charge in [-0.1, -0.05) is 13.8 Å². The molecule has 0 bridgehead atoms. The van der Waals surface area contributed by atoms with Gasteiger partial charge in [0.15, 0.2) is 5.82 Å². The van der Waals surface area contributed by atoms with Crippen molar-refractivity contribution < 1.29 is 14.7 Å². The zero-order valence-electron chi connectivity index (χ0n) is 10.5. The summed E-state index contributed by atoms with van der Waals surface area (Å²) in [6, 6.07) is 0. The Morgan fingerprint density at radius 1 is 1.50 bits per heavy atom. The highest BCUT2D eigenvalue weighted by molar-refractivity contribution is 5.91. The Balaban J connectivity index is 1.94. The van der Waals surface area contributed by atoms with Gasteiger partial charge < -0.3 is 15.0 Å². The van der Waals surface area contributed by atoms with E-state index in [1.54, 1.807) is 31.8 Å². The lowest BCUT2D eigenvalue weighted by molar-refractivity contribution is -0.140. The van der Waals surface area contributed by atoms with Crippen LogP contribution in [0.25, 0.3) is 0 Å². The molecule has 7 heteroatoms. The number of aromatic nitrogens is 3. The second kappa shape index (κ2) is 4.08. The first kappa shape index (κ1) is 12.5. The van der Waals surface area contributed by atoms with Gasteiger partial charge >= 0.3 is 5.97 Å². The minimum absolute atomic E-state index is 0.240. The third-order valence-corrected chi connectivity index (χ3v) is 3.60. The molecule has 1 aromatic rings. The highest BCUT2D eigenvalue weighted by Gasteiger charge is 2.65. The van der Waals surface area contributed by atoms with E-state index in [9.17, 15) is 9.59 Å². The van der Waals surface area contributed by atoms with Gasteiger partial charge in [0.25, 0.3) is 0 Å². The number of nitrogens with zero attached hydrogens (tertiary/aromatic N) is 3. The molecular weight excluding hydrogens is 236 g/mol. The summed E-state index contributed by atoms with van der Waals surface area (Å²) < 4.78 is 1.70. The van der Waals surface area contributed by atoms with Gasteiger partial charge in [0.1, 0.15) is 6.33 Å². The Labute approximate surface area is 104 Å². The van der Waals surface area contributed by atoms with Crippen LogP contribution in [0.3, 0.4) is 0 Å². The van der Waals surface area contributed by atoms with Crippen molar-refractivity contribution in [1.29, 1.82) is 0 Å². The predicted molar refractivity (Wildman–Crippen MR) is 61.2 cm³/mol. The van der Waals surface area contributed by atoms with Gasteiger partial charge in [0, 0.05) is 7.05 Å². The Hall–Kier alpha value is -1.92. The number of hydrogen-bond donors (Lipinski definition) is 2. The van der Waals surface area contributed by atoms with Crippen LogP contribution in [0.5, 0.6) is 0 Å². The Kier molecular flexibility index (Phi) is 2.84. The van der Waals surface area contributed by atoms with E-state index < -0.39 is 23.2 Å². The third-order valence-electron chi connectivity index (χ3n) is 3.60. The summed E-state index contributed by atoms with van der Waals surface area (Å²) in [5, 5.41) is 19.2. The number of rotatable bonds is 4. The molecule has 2 rings (SSSR count). The standard InChI is InChI=1S/C11H16N4O3/c1-11(2)7(8(11)10(17)18)9(16)12-4-6-14-13-5-15(6)3/h5,7-8H,4H2,1-3H3,(H,12,16)(H,17,18)/t7-,8+/m1/s1. The number of carboxylic acid groups (broad SMARTS) is 1. The molecule has 0 unspecified atom stereocenters. The molecule has 0 spiro atoms. The van der Waals surface area contributed by atoms with Gasteiger partial charge in [-0.3, -0.25) is 9.59 Å². The van der Waals surface area contributed by atoms with E-state index in [1.165, 1.54) is 0 Å². The lowest BCUT2D eigenvalue weighted by Crippen LogP contribution is -2.28. The number of aryl methyl sites for hydroxylation is 1. The van der Waals surface area contributed by atoms with Gasteiger partial charge in [0.05, 0.1) is 18.4 Å². The van der Waals surface area contributed by atoms with E-state index in [2.05, 4.69) is 15.5 Å². The van der Waals surface area contributed by atoms with E-state index in [0.29, 0.717) is 5.82 Å². The fourth-order valence-corrected chi connectivity index (χ4v) is 2.33. The second-order valence-electron chi connectivity index (χ2n) is 5.19. The van der Waals surface area contributed by atoms with Crippen LogP contribution in [-0.4, -0.2) is 31.7 Å². The summed E-state index contributed by atoms with van der Waals surface area (Å²) in [7, 11) is 1.78. The molecule has 1 saturated carbocycles. The van der Waals surface area contributed by atoms with Crippen molar-refractivity contribution in [2.24, 2.45) is 24.3 Å². The molecule has 1 aromatic heterocycles. The van der Waals surface area contributed by atoms with Gasteiger partial charge in [-0.15, -0.1) is 10.2 Å². The summed E-state index contributed by atoms with van der Waals surface area (Å²) in [6.45, 7) is 3.84. The van der Waals surface area contributed by atoms with Crippen molar-refractivity contribution in [3.05, 3.63) is 12.2 Å². The van der Waals surface area contributed by atoms with Crippen LogP contribution >= 0.6 is 0 Å². The molecule has 2 atom stereocenters. The van der Waals surface area contributed by atoms with Crippen molar-refractivity contribution in [3.8, 4) is 0 Å². The average molecular weight is 252 g/mol. The van der Waals surface area contributed by atoms with Crippen LogP contribution in [0.2, 0.25) is 0 Å². The van der Waals surface area contributed by atoms with Crippen LogP contribution in [0.1, 0.15) is 19.7 Å². The van der Waals surface area contributed by atoms with E-state index in [4.69, 9.17) is 5.11 Å². The SMILES string of the molecule is Cn1cnnc1CNC(=O)[C@H]1[C@@H](C(=O)O)C1(C)C. The van der Waals surface area contributed by atoms with Crippen LogP contribution in [0.15, 0.2) is 6.33 Å². The summed E-state index contributed by atoms with van der Waals surface area (Å²) in [5.74, 6) is -1.59. The molecule has 7 nitrogen and oxygen atoms in total. The fraction of sp³-hybridized carbons (Fsp3) is 0.636.